The van der Waals surface area contributed by atoms with Crippen LogP contribution in [0.15, 0.2) is 22.7 Å². The summed E-state index contributed by atoms with van der Waals surface area (Å²) in [6.45, 7) is 5.29. The summed E-state index contributed by atoms with van der Waals surface area (Å²) in [5, 5.41) is 2.76. The summed E-state index contributed by atoms with van der Waals surface area (Å²) in [6, 6.07) is 4.06. The summed E-state index contributed by atoms with van der Waals surface area (Å²) in [7, 11) is 0. The Morgan fingerprint density at radius 1 is 1.27 bits per heavy atom. The summed E-state index contributed by atoms with van der Waals surface area (Å²) >= 11 is 3.23. The van der Waals surface area contributed by atoms with Crippen LogP contribution in [0.1, 0.15) is 17.3 Å². The van der Waals surface area contributed by atoms with Crippen LogP contribution < -0.4 is 5.32 Å². The number of nitrogens with one attached hydrogen (secondary N) is 1. The first-order valence-corrected chi connectivity index (χ1v) is 8.04. The molecular weight excluding hydrogens is 353 g/mol. The van der Waals surface area contributed by atoms with E-state index in [1.807, 2.05) is 11.8 Å². The van der Waals surface area contributed by atoms with Crippen LogP contribution in [0, 0.1) is 5.82 Å². The minimum atomic E-state index is -0.379. The SMILES string of the molecule is CCNC(=O)CN1CCN(C(=O)c2ccc(F)cc2Br)CC1. The number of benzene rings is 1. The van der Waals surface area contributed by atoms with E-state index >= 15 is 0 Å². The van der Waals surface area contributed by atoms with Crippen LogP contribution in [0.3, 0.4) is 0 Å². The second-order valence-corrected chi connectivity index (χ2v) is 6.00. The zero-order valence-electron chi connectivity index (χ0n) is 12.4. The third kappa shape index (κ3) is 4.27. The second-order valence-electron chi connectivity index (χ2n) is 5.15. The van der Waals surface area contributed by atoms with Crippen LogP contribution in [-0.2, 0) is 4.79 Å². The van der Waals surface area contributed by atoms with Gasteiger partial charge < -0.3 is 10.2 Å². The van der Waals surface area contributed by atoms with Gasteiger partial charge in [0.25, 0.3) is 5.91 Å². The predicted molar refractivity (Wildman–Crippen MR) is 85.1 cm³/mol. The van der Waals surface area contributed by atoms with Crippen molar-refractivity contribution in [2.75, 3.05) is 39.3 Å². The molecule has 1 N–H and O–H groups in total. The molecule has 1 aromatic carbocycles. The van der Waals surface area contributed by atoms with Crippen LogP contribution in [0.5, 0.6) is 0 Å². The van der Waals surface area contributed by atoms with E-state index in [4.69, 9.17) is 0 Å². The number of halogens is 2. The summed E-state index contributed by atoms with van der Waals surface area (Å²) in [5.41, 5.74) is 0.457. The molecule has 1 saturated heterocycles. The maximum absolute atomic E-state index is 13.1. The quantitative estimate of drug-likeness (QED) is 0.871. The lowest BCUT2D eigenvalue weighted by Gasteiger charge is -2.34. The molecule has 0 aliphatic carbocycles. The Balaban J connectivity index is 1.91. The Morgan fingerprint density at radius 2 is 1.95 bits per heavy atom. The molecule has 5 nitrogen and oxygen atoms in total. The van der Waals surface area contributed by atoms with E-state index < -0.39 is 0 Å². The van der Waals surface area contributed by atoms with Crippen molar-refractivity contribution in [3.63, 3.8) is 0 Å². The molecule has 1 heterocycles. The molecule has 1 fully saturated rings. The molecule has 2 amide bonds. The lowest BCUT2D eigenvalue weighted by atomic mass is 10.1. The fourth-order valence-corrected chi connectivity index (χ4v) is 2.92. The Kier molecular flexibility index (Phi) is 5.90. The molecule has 0 radical (unpaired) electrons. The molecule has 22 heavy (non-hydrogen) atoms. The summed E-state index contributed by atoms with van der Waals surface area (Å²) in [4.78, 5) is 27.7. The van der Waals surface area contributed by atoms with Gasteiger partial charge in [-0.2, -0.15) is 0 Å². The van der Waals surface area contributed by atoms with Crippen molar-refractivity contribution in [2.24, 2.45) is 0 Å². The van der Waals surface area contributed by atoms with Crippen molar-refractivity contribution >= 4 is 27.7 Å². The van der Waals surface area contributed by atoms with Gasteiger partial charge in [0.2, 0.25) is 5.91 Å². The fourth-order valence-electron chi connectivity index (χ4n) is 2.40. The van der Waals surface area contributed by atoms with Gasteiger partial charge in [0.1, 0.15) is 5.82 Å². The zero-order valence-corrected chi connectivity index (χ0v) is 14.0. The van der Waals surface area contributed by atoms with Crippen molar-refractivity contribution in [1.29, 1.82) is 0 Å². The highest BCUT2D eigenvalue weighted by atomic mass is 79.9. The van der Waals surface area contributed by atoms with Crippen molar-refractivity contribution < 1.29 is 14.0 Å². The van der Waals surface area contributed by atoms with Gasteiger partial charge in [-0.3, -0.25) is 14.5 Å². The van der Waals surface area contributed by atoms with Crippen molar-refractivity contribution in [3.8, 4) is 0 Å². The van der Waals surface area contributed by atoms with Crippen molar-refractivity contribution in [3.05, 3.63) is 34.1 Å². The zero-order chi connectivity index (χ0) is 16.1. The number of carbonyl (C=O) groups is 2. The highest BCUT2D eigenvalue weighted by molar-refractivity contribution is 9.10. The van der Waals surface area contributed by atoms with Gasteiger partial charge in [-0.05, 0) is 41.1 Å². The topological polar surface area (TPSA) is 52.7 Å². The van der Waals surface area contributed by atoms with Gasteiger partial charge in [0, 0.05) is 37.2 Å². The fraction of sp³-hybridized carbons (Fsp3) is 0.467. The molecule has 0 atom stereocenters. The molecule has 0 saturated carbocycles. The van der Waals surface area contributed by atoms with E-state index in [-0.39, 0.29) is 17.6 Å². The third-order valence-electron chi connectivity index (χ3n) is 3.56. The Labute approximate surface area is 137 Å². The monoisotopic (exact) mass is 371 g/mol. The van der Waals surface area contributed by atoms with E-state index in [0.29, 0.717) is 49.3 Å². The van der Waals surface area contributed by atoms with Gasteiger partial charge in [-0.1, -0.05) is 0 Å². The maximum Gasteiger partial charge on any atom is 0.255 e. The summed E-state index contributed by atoms with van der Waals surface area (Å²) < 4.78 is 13.5. The largest absolute Gasteiger partial charge is 0.355 e. The summed E-state index contributed by atoms with van der Waals surface area (Å²) in [6.07, 6.45) is 0. The van der Waals surface area contributed by atoms with Crippen molar-refractivity contribution in [2.45, 2.75) is 6.92 Å². The average Bonchev–Trinajstić information content (AvgIpc) is 2.47. The lowest BCUT2D eigenvalue weighted by Crippen LogP contribution is -2.51. The number of nitrogens with zero attached hydrogens (tertiary/aromatic N) is 2. The van der Waals surface area contributed by atoms with Gasteiger partial charge in [-0.25, -0.2) is 4.39 Å². The van der Waals surface area contributed by atoms with Crippen LogP contribution in [0.25, 0.3) is 0 Å². The Hall–Kier alpha value is -1.47. The maximum atomic E-state index is 13.1. The highest BCUT2D eigenvalue weighted by Crippen LogP contribution is 2.20. The number of amides is 2. The molecule has 1 aliphatic heterocycles. The van der Waals surface area contributed by atoms with E-state index in [1.165, 1.54) is 18.2 Å². The number of likely N-dealkylation sites (N-methyl/N-ethyl adjacent to an activating group) is 1. The molecule has 1 aromatic rings. The number of piperazine rings is 1. The molecule has 0 bridgehead atoms. The molecular formula is C15H19BrFN3O2. The van der Waals surface area contributed by atoms with Crippen molar-refractivity contribution in [1.82, 2.24) is 15.1 Å². The molecule has 7 heteroatoms. The minimum absolute atomic E-state index is 0.00329. The number of carbonyl (C=O) groups excluding carboxylic acids is 2. The first-order chi connectivity index (χ1) is 10.5. The number of rotatable bonds is 4. The highest BCUT2D eigenvalue weighted by Gasteiger charge is 2.24. The van der Waals surface area contributed by atoms with E-state index in [9.17, 15) is 14.0 Å². The lowest BCUT2D eigenvalue weighted by molar-refractivity contribution is -0.122. The average molecular weight is 372 g/mol. The van der Waals surface area contributed by atoms with Crippen LogP contribution in [0.2, 0.25) is 0 Å². The van der Waals surface area contributed by atoms with Gasteiger partial charge in [0.15, 0.2) is 0 Å². The Bertz CT molecular complexity index is 560. The van der Waals surface area contributed by atoms with Gasteiger partial charge >= 0.3 is 0 Å². The Morgan fingerprint density at radius 3 is 2.55 bits per heavy atom. The van der Waals surface area contributed by atoms with E-state index in [1.54, 1.807) is 4.90 Å². The van der Waals surface area contributed by atoms with E-state index in [0.717, 1.165) is 0 Å². The second kappa shape index (κ2) is 7.69. The molecule has 1 aliphatic rings. The predicted octanol–water partition coefficient (Wildman–Crippen LogP) is 1.48. The normalized spacial score (nSPS) is 15.7. The third-order valence-corrected chi connectivity index (χ3v) is 4.22. The molecule has 0 aromatic heterocycles. The number of hydrogen-bond acceptors (Lipinski definition) is 3. The molecule has 120 valence electrons. The standard InChI is InChI=1S/C15H19BrFN3O2/c1-2-18-14(21)10-19-5-7-20(8-6-19)15(22)12-4-3-11(17)9-13(12)16/h3-4,9H,2,5-8,10H2,1H3,(H,18,21). The first-order valence-electron chi connectivity index (χ1n) is 7.24. The van der Waals surface area contributed by atoms with Gasteiger partial charge in [0.05, 0.1) is 12.1 Å². The van der Waals surface area contributed by atoms with Crippen LogP contribution in [0.4, 0.5) is 4.39 Å². The van der Waals surface area contributed by atoms with Crippen LogP contribution in [-0.4, -0.2) is 60.9 Å². The van der Waals surface area contributed by atoms with Crippen LogP contribution >= 0.6 is 15.9 Å². The first kappa shape index (κ1) is 16.9. The number of hydrogen-bond donors (Lipinski definition) is 1. The summed E-state index contributed by atoms with van der Waals surface area (Å²) in [5.74, 6) is -0.497. The minimum Gasteiger partial charge on any atom is -0.355 e. The van der Waals surface area contributed by atoms with E-state index in [2.05, 4.69) is 21.2 Å². The molecule has 0 spiro atoms. The molecule has 0 unspecified atom stereocenters. The smallest absolute Gasteiger partial charge is 0.255 e. The molecule has 2 rings (SSSR count). The van der Waals surface area contributed by atoms with Gasteiger partial charge in [-0.15, -0.1) is 0 Å².